The van der Waals surface area contributed by atoms with Gasteiger partial charge < -0.3 is 5.32 Å². The van der Waals surface area contributed by atoms with E-state index in [4.69, 9.17) is 0 Å². The third-order valence-electron chi connectivity index (χ3n) is 4.38. The van der Waals surface area contributed by atoms with Gasteiger partial charge in [0.2, 0.25) is 11.0 Å². The lowest BCUT2D eigenvalue weighted by atomic mass is 10.1. The molecule has 134 valence electrons. The second-order valence-corrected chi connectivity index (χ2v) is 8.17. The number of anilines is 1. The Kier molecular flexibility index (Phi) is 5.03. The summed E-state index contributed by atoms with van der Waals surface area (Å²) in [5.41, 5.74) is 1.53. The van der Waals surface area contributed by atoms with E-state index in [1.165, 1.54) is 47.6 Å². The smallest absolute Gasteiger partial charge is 0.232 e. The van der Waals surface area contributed by atoms with Gasteiger partial charge in [0.25, 0.3) is 0 Å². The van der Waals surface area contributed by atoms with E-state index < -0.39 is 0 Å². The average molecular weight is 388 g/mol. The fourth-order valence-corrected chi connectivity index (χ4v) is 4.82. The van der Waals surface area contributed by atoms with Crippen molar-refractivity contribution in [3.05, 3.63) is 46.2 Å². The number of amides is 1. The maximum Gasteiger partial charge on any atom is 0.232 e. The van der Waals surface area contributed by atoms with E-state index in [1.807, 2.05) is 5.38 Å². The van der Waals surface area contributed by atoms with Crippen LogP contribution in [0.1, 0.15) is 42.3 Å². The first-order chi connectivity index (χ1) is 12.7. The van der Waals surface area contributed by atoms with Crippen LogP contribution in [0.2, 0.25) is 0 Å². The van der Waals surface area contributed by atoms with Crippen molar-refractivity contribution in [3.63, 3.8) is 0 Å². The molecule has 1 saturated carbocycles. The number of aromatic nitrogens is 3. The molecule has 1 aliphatic rings. The summed E-state index contributed by atoms with van der Waals surface area (Å²) in [4.78, 5) is 16.7. The molecule has 26 heavy (non-hydrogen) atoms. The number of halogens is 1. The molecular weight excluding hydrogens is 371 g/mol. The number of carbonyl (C=O) groups is 1. The topological polar surface area (TPSA) is 67.8 Å². The molecule has 0 unspecified atom stereocenters. The summed E-state index contributed by atoms with van der Waals surface area (Å²) in [5.74, 6) is 0.0592. The number of hydrogen-bond donors (Lipinski definition) is 1. The minimum atomic E-state index is -0.279. The van der Waals surface area contributed by atoms with Crippen molar-refractivity contribution in [1.82, 2.24) is 15.2 Å². The molecule has 1 fully saturated rings. The lowest BCUT2D eigenvalue weighted by Crippen LogP contribution is -2.14. The van der Waals surface area contributed by atoms with E-state index in [2.05, 4.69) is 20.5 Å². The van der Waals surface area contributed by atoms with Crippen LogP contribution in [0.5, 0.6) is 0 Å². The normalized spacial score (nSPS) is 14.7. The third-order valence-corrected chi connectivity index (χ3v) is 6.32. The van der Waals surface area contributed by atoms with Crippen LogP contribution in [0.3, 0.4) is 0 Å². The lowest BCUT2D eigenvalue weighted by Gasteiger charge is -2.01. The number of benzene rings is 1. The summed E-state index contributed by atoms with van der Waals surface area (Å²) in [7, 11) is 0. The quantitative estimate of drug-likeness (QED) is 0.691. The monoisotopic (exact) mass is 388 g/mol. The van der Waals surface area contributed by atoms with Crippen molar-refractivity contribution in [2.75, 3.05) is 5.32 Å². The molecule has 1 aromatic carbocycles. The Morgan fingerprint density at radius 1 is 1.19 bits per heavy atom. The third kappa shape index (κ3) is 3.96. The van der Waals surface area contributed by atoms with Gasteiger partial charge in [-0.1, -0.05) is 24.2 Å². The van der Waals surface area contributed by atoms with Crippen molar-refractivity contribution in [1.29, 1.82) is 0 Å². The summed E-state index contributed by atoms with van der Waals surface area (Å²) < 4.78 is 13.0. The van der Waals surface area contributed by atoms with Crippen molar-refractivity contribution in [2.24, 2.45) is 0 Å². The van der Waals surface area contributed by atoms with Crippen LogP contribution in [0.15, 0.2) is 29.6 Å². The van der Waals surface area contributed by atoms with E-state index in [9.17, 15) is 9.18 Å². The predicted molar refractivity (Wildman–Crippen MR) is 101 cm³/mol. The van der Waals surface area contributed by atoms with Gasteiger partial charge in [0.15, 0.2) is 0 Å². The van der Waals surface area contributed by atoms with Crippen molar-refractivity contribution < 1.29 is 9.18 Å². The zero-order valence-electron chi connectivity index (χ0n) is 13.9. The van der Waals surface area contributed by atoms with Crippen LogP contribution in [0.4, 0.5) is 9.52 Å². The predicted octanol–water partition coefficient (Wildman–Crippen LogP) is 4.64. The number of hydrogen-bond acceptors (Lipinski definition) is 6. The van der Waals surface area contributed by atoms with Gasteiger partial charge in [-0.25, -0.2) is 9.37 Å². The van der Waals surface area contributed by atoms with Crippen LogP contribution in [0.25, 0.3) is 10.6 Å². The van der Waals surface area contributed by atoms with Gasteiger partial charge in [-0.15, -0.1) is 21.5 Å². The van der Waals surface area contributed by atoms with Crippen LogP contribution in [0, 0.1) is 5.82 Å². The average Bonchev–Trinajstić information content (AvgIpc) is 3.36. The molecule has 2 heterocycles. The zero-order chi connectivity index (χ0) is 17.9. The molecule has 8 heteroatoms. The van der Waals surface area contributed by atoms with E-state index in [1.54, 1.807) is 12.1 Å². The zero-order valence-corrected chi connectivity index (χ0v) is 15.6. The maximum atomic E-state index is 13.0. The molecule has 5 nitrogen and oxygen atoms in total. The first-order valence-electron chi connectivity index (χ1n) is 8.51. The van der Waals surface area contributed by atoms with Gasteiger partial charge >= 0.3 is 0 Å². The second-order valence-electron chi connectivity index (χ2n) is 6.30. The largest absolute Gasteiger partial charge is 0.300 e. The first kappa shape index (κ1) is 17.2. The lowest BCUT2D eigenvalue weighted by molar-refractivity contribution is -0.115. The molecule has 0 radical (unpaired) electrons. The second kappa shape index (κ2) is 7.59. The fourth-order valence-electron chi connectivity index (χ4n) is 3.06. The molecule has 0 spiro atoms. The standard InChI is InChI=1S/C18H17FN4OS2/c19-13-7-5-12(6-8-13)16-20-14(10-25-16)9-15(24)21-18-23-22-17(26-18)11-3-1-2-4-11/h5-8,10-11H,1-4,9H2,(H,21,23,24). The number of nitrogens with one attached hydrogen (secondary N) is 1. The number of carbonyl (C=O) groups excluding carboxylic acids is 1. The number of thiazole rings is 1. The van der Waals surface area contributed by atoms with Gasteiger partial charge in [0.05, 0.1) is 12.1 Å². The first-order valence-corrected chi connectivity index (χ1v) is 10.2. The highest BCUT2D eigenvalue weighted by molar-refractivity contribution is 7.15. The summed E-state index contributed by atoms with van der Waals surface area (Å²) in [6.07, 6.45) is 4.98. The molecule has 0 bridgehead atoms. The van der Waals surface area contributed by atoms with E-state index >= 15 is 0 Å². The van der Waals surface area contributed by atoms with Gasteiger partial charge in [0, 0.05) is 16.9 Å². The molecule has 0 aliphatic heterocycles. The highest BCUT2D eigenvalue weighted by Crippen LogP contribution is 2.36. The Bertz CT molecular complexity index is 900. The Balaban J connectivity index is 1.37. The summed E-state index contributed by atoms with van der Waals surface area (Å²) >= 11 is 2.90. The molecule has 0 atom stereocenters. The molecule has 1 N–H and O–H groups in total. The van der Waals surface area contributed by atoms with Crippen LogP contribution >= 0.6 is 22.7 Å². The highest BCUT2D eigenvalue weighted by atomic mass is 32.1. The van der Waals surface area contributed by atoms with Gasteiger partial charge in [-0.05, 0) is 37.1 Å². The minimum absolute atomic E-state index is 0.157. The minimum Gasteiger partial charge on any atom is -0.300 e. The van der Waals surface area contributed by atoms with Gasteiger partial charge in [-0.3, -0.25) is 4.79 Å². The Morgan fingerprint density at radius 2 is 1.96 bits per heavy atom. The van der Waals surface area contributed by atoms with Crippen LogP contribution in [-0.4, -0.2) is 21.1 Å². The van der Waals surface area contributed by atoms with Gasteiger partial charge in [-0.2, -0.15) is 0 Å². The number of nitrogens with zero attached hydrogens (tertiary/aromatic N) is 3. The fraction of sp³-hybridized carbons (Fsp3) is 0.333. The molecular formula is C18H17FN4OS2. The molecule has 0 saturated heterocycles. The van der Waals surface area contributed by atoms with Gasteiger partial charge in [0.1, 0.15) is 15.8 Å². The molecule has 2 aromatic heterocycles. The van der Waals surface area contributed by atoms with Crippen LogP contribution in [-0.2, 0) is 11.2 Å². The SMILES string of the molecule is O=C(Cc1csc(-c2ccc(F)cc2)n1)Nc1nnc(C2CCCC2)s1. The molecule has 1 aliphatic carbocycles. The summed E-state index contributed by atoms with van der Waals surface area (Å²) in [6, 6.07) is 6.18. The van der Waals surface area contributed by atoms with E-state index in [-0.39, 0.29) is 18.1 Å². The Morgan fingerprint density at radius 3 is 2.73 bits per heavy atom. The summed E-state index contributed by atoms with van der Waals surface area (Å²) in [6.45, 7) is 0. The summed E-state index contributed by atoms with van der Waals surface area (Å²) in [5, 5.41) is 15.3. The number of rotatable bonds is 5. The van der Waals surface area contributed by atoms with E-state index in [0.29, 0.717) is 16.7 Å². The van der Waals surface area contributed by atoms with Crippen LogP contribution < -0.4 is 5.32 Å². The maximum absolute atomic E-state index is 13.0. The highest BCUT2D eigenvalue weighted by Gasteiger charge is 2.21. The molecule has 1 amide bonds. The van der Waals surface area contributed by atoms with Crippen molar-refractivity contribution >= 4 is 33.7 Å². The Hall–Kier alpha value is -2.19. The Labute approximate surface area is 158 Å². The molecule has 4 rings (SSSR count). The molecule has 3 aromatic rings. The van der Waals surface area contributed by atoms with Crippen molar-refractivity contribution in [3.8, 4) is 10.6 Å². The van der Waals surface area contributed by atoms with Crippen molar-refractivity contribution in [2.45, 2.75) is 38.0 Å². The van der Waals surface area contributed by atoms with E-state index in [0.717, 1.165) is 28.4 Å².